The minimum atomic E-state index is -6.14. The molecule has 1 amide bonds. The zero-order chi connectivity index (χ0) is 31.4. The van der Waals surface area contributed by atoms with Crippen molar-refractivity contribution in [2.24, 2.45) is 0 Å². The molecule has 7 nitrogen and oxygen atoms in total. The van der Waals surface area contributed by atoms with Crippen LogP contribution >= 0.6 is 11.3 Å². The molecule has 16 heteroatoms. The first kappa shape index (κ1) is 30.7. The SMILES string of the molecule is O=C(CC1CCc2cc(C(O)(C(F)(F)F)C(F)(F)F)ccc2N1S(=O)(=O)c1ccc(F)cc1)Nc1ccc2ncsc2c1. The Bertz CT molecular complexity index is 1770. The monoisotopic (exact) mass is 647 g/mol. The van der Waals surface area contributed by atoms with Crippen molar-refractivity contribution in [2.75, 3.05) is 9.62 Å². The number of nitrogens with one attached hydrogen (secondary N) is 1. The summed E-state index contributed by atoms with van der Waals surface area (Å²) in [5.74, 6) is -1.37. The van der Waals surface area contributed by atoms with Gasteiger partial charge in [-0.1, -0.05) is 12.1 Å². The number of fused-ring (bicyclic) bond motifs is 2. The lowest BCUT2D eigenvalue weighted by Crippen LogP contribution is -2.54. The first-order chi connectivity index (χ1) is 20.0. The quantitative estimate of drug-likeness (QED) is 0.240. The number of thiazole rings is 1. The number of aryl methyl sites for hydroxylation is 1. The molecule has 0 radical (unpaired) electrons. The summed E-state index contributed by atoms with van der Waals surface area (Å²) in [4.78, 5) is 16.8. The molecule has 0 aliphatic carbocycles. The molecule has 2 N–H and O–H groups in total. The Morgan fingerprint density at radius 2 is 1.67 bits per heavy atom. The molecule has 1 aliphatic rings. The number of alkyl halides is 6. The van der Waals surface area contributed by atoms with E-state index in [0.29, 0.717) is 23.3 Å². The summed E-state index contributed by atoms with van der Waals surface area (Å²) in [5.41, 5.74) is -4.56. The third kappa shape index (κ3) is 5.54. The second kappa shape index (κ2) is 10.7. The van der Waals surface area contributed by atoms with Crippen LogP contribution in [0.1, 0.15) is 24.0 Å². The van der Waals surface area contributed by atoms with Crippen LogP contribution < -0.4 is 9.62 Å². The number of aliphatic hydroxyl groups is 1. The van der Waals surface area contributed by atoms with Crippen LogP contribution in [0.15, 0.2) is 71.1 Å². The van der Waals surface area contributed by atoms with Gasteiger partial charge in [0, 0.05) is 17.7 Å². The van der Waals surface area contributed by atoms with Gasteiger partial charge in [0.2, 0.25) is 5.91 Å². The van der Waals surface area contributed by atoms with Gasteiger partial charge in [0.05, 0.1) is 32.4 Å². The van der Waals surface area contributed by atoms with E-state index < -0.39 is 62.6 Å². The molecule has 1 atom stereocenters. The fraction of sp³-hybridized carbons (Fsp3) is 0.259. The molecule has 2 heterocycles. The second-order valence-electron chi connectivity index (χ2n) is 9.78. The van der Waals surface area contributed by atoms with E-state index in [2.05, 4.69) is 10.3 Å². The number of carbonyl (C=O) groups excluding carboxylic acids is 1. The number of hydrogen-bond donors (Lipinski definition) is 2. The van der Waals surface area contributed by atoms with Gasteiger partial charge in [-0.3, -0.25) is 9.10 Å². The summed E-state index contributed by atoms with van der Waals surface area (Å²) in [6.07, 6.45) is -13.1. The fourth-order valence-corrected chi connectivity index (χ4v) is 7.37. The number of nitrogens with zero attached hydrogens (tertiary/aromatic N) is 2. The number of aromatic nitrogens is 1. The van der Waals surface area contributed by atoms with Crippen LogP contribution in [0.3, 0.4) is 0 Å². The number of carbonyl (C=O) groups is 1. The van der Waals surface area contributed by atoms with Gasteiger partial charge in [-0.05, 0) is 66.9 Å². The van der Waals surface area contributed by atoms with Crippen molar-refractivity contribution in [3.05, 3.63) is 83.1 Å². The van der Waals surface area contributed by atoms with E-state index in [1.807, 2.05) is 0 Å². The Morgan fingerprint density at radius 3 is 2.33 bits per heavy atom. The molecule has 228 valence electrons. The van der Waals surface area contributed by atoms with Crippen molar-refractivity contribution in [3.63, 3.8) is 0 Å². The smallest absolute Gasteiger partial charge is 0.369 e. The van der Waals surface area contributed by atoms with E-state index in [1.165, 1.54) is 11.3 Å². The topological polar surface area (TPSA) is 99.6 Å². The lowest BCUT2D eigenvalue weighted by atomic mass is 9.87. The number of hydrogen-bond acceptors (Lipinski definition) is 6. The molecule has 1 aliphatic heterocycles. The fourth-order valence-electron chi connectivity index (χ4n) is 4.94. The highest BCUT2D eigenvalue weighted by atomic mass is 32.2. The summed E-state index contributed by atoms with van der Waals surface area (Å²) in [7, 11) is -4.61. The summed E-state index contributed by atoms with van der Waals surface area (Å²) >= 11 is 1.33. The lowest BCUT2D eigenvalue weighted by molar-refractivity contribution is -0.376. The molecular weight excluding hydrogens is 627 g/mol. The number of rotatable bonds is 6. The Hall–Kier alpha value is -3.76. The first-order valence-corrected chi connectivity index (χ1v) is 14.8. The highest BCUT2D eigenvalue weighted by Gasteiger charge is 2.71. The van der Waals surface area contributed by atoms with Gasteiger partial charge >= 0.3 is 12.4 Å². The second-order valence-corrected chi connectivity index (χ2v) is 12.5. The van der Waals surface area contributed by atoms with Gasteiger partial charge in [-0.15, -0.1) is 11.3 Å². The van der Waals surface area contributed by atoms with Crippen LogP contribution in [0.4, 0.5) is 42.1 Å². The van der Waals surface area contributed by atoms with E-state index in [9.17, 15) is 49.1 Å². The maximum absolute atomic E-state index is 13.8. The third-order valence-electron chi connectivity index (χ3n) is 7.04. The zero-order valence-electron chi connectivity index (χ0n) is 21.6. The van der Waals surface area contributed by atoms with Gasteiger partial charge in [0.1, 0.15) is 5.82 Å². The Kier molecular flexibility index (Phi) is 7.67. The van der Waals surface area contributed by atoms with E-state index in [0.717, 1.165) is 39.3 Å². The lowest BCUT2D eigenvalue weighted by Gasteiger charge is -2.39. The molecule has 43 heavy (non-hydrogen) atoms. The van der Waals surface area contributed by atoms with Gasteiger partial charge in [0.25, 0.3) is 15.6 Å². The van der Waals surface area contributed by atoms with E-state index in [4.69, 9.17) is 0 Å². The molecule has 0 spiro atoms. The van der Waals surface area contributed by atoms with Gasteiger partial charge in [-0.2, -0.15) is 26.3 Å². The van der Waals surface area contributed by atoms with Crippen molar-refractivity contribution < 1.29 is 49.1 Å². The normalized spacial score (nSPS) is 16.3. The molecule has 0 bridgehead atoms. The molecule has 5 rings (SSSR count). The zero-order valence-corrected chi connectivity index (χ0v) is 23.2. The molecule has 0 fully saturated rings. The average Bonchev–Trinajstić information content (AvgIpc) is 3.39. The number of halogens is 7. The van der Waals surface area contributed by atoms with E-state index in [1.54, 1.807) is 23.7 Å². The number of benzene rings is 3. The van der Waals surface area contributed by atoms with Crippen LogP contribution in [0.2, 0.25) is 0 Å². The molecule has 0 saturated carbocycles. The summed E-state index contributed by atoms with van der Waals surface area (Å²) in [6.45, 7) is 0. The highest BCUT2D eigenvalue weighted by Crippen LogP contribution is 2.51. The minimum absolute atomic E-state index is 0.172. The maximum atomic E-state index is 13.8. The highest BCUT2D eigenvalue weighted by molar-refractivity contribution is 7.92. The van der Waals surface area contributed by atoms with Crippen molar-refractivity contribution in [1.29, 1.82) is 0 Å². The van der Waals surface area contributed by atoms with Crippen LogP contribution in [-0.2, 0) is 26.8 Å². The van der Waals surface area contributed by atoms with Crippen LogP contribution in [0, 0.1) is 5.82 Å². The standard InChI is InChI=1S/C27H20F7N3O4S2/c28-17-3-7-20(8-4-17)43(40,41)37-19(13-24(38)36-18-5-9-21-23(12-18)42-14-35-21)6-1-15-11-16(2-10-22(15)37)25(39,26(29,30)31)27(32,33)34/h2-5,7-12,14,19,39H,1,6,13H2,(H,36,38). The van der Waals surface area contributed by atoms with Crippen LogP contribution in [0.25, 0.3) is 10.2 Å². The average molecular weight is 648 g/mol. The van der Waals surface area contributed by atoms with Crippen LogP contribution in [-0.4, -0.2) is 42.8 Å². The van der Waals surface area contributed by atoms with Gasteiger partial charge in [-0.25, -0.2) is 17.8 Å². The van der Waals surface area contributed by atoms with Crippen LogP contribution in [0.5, 0.6) is 0 Å². The van der Waals surface area contributed by atoms with Crippen molar-refractivity contribution in [2.45, 2.75) is 48.2 Å². The van der Waals surface area contributed by atoms with E-state index >= 15 is 0 Å². The molecule has 4 aromatic rings. The molecule has 3 aromatic carbocycles. The largest absolute Gasteiger partial charge is 0.430 e. The van der Waals surface area contributed by atoms with Crippen molar-refractivity contribution in [3.8, 4) is 0 Å². The molecule has 0 saturated heterocycles. The molecular formula is C27H20F7N3O4S2. The van der Waals surface area contributed by atoms with Crippen molar-refractivity contribution >= 4 is 48.9 Å². The predicted octanol–water partition coefficient (Wildman–Crippen LogP) is 6.29. The summed E-state index contributed by atoms with van der Waals surface area (Å²) < 4.78 is 124. The Balaban J connectivity index is 1.54. The first-order valence-electron chi connectivity index (χ1n) is 12.4. The van der Waals surface area contributed by atoms with Gasteiger partial charge in [0.15, 0.2) is 0 Å². The van der Waals surface area contributed by atoms with Gasteiger partial charge < -0.3 is 10.4 Å². The Labute approximate surface area is 243 Å². The Morgan fingerprint density at radius 1 is 1.00 bits per heavy atom. The van der Waals surface area contributed by atoms with E-state index in [-0.39, 0.29) is 24.1 Å². The van der Waals surface area contributed by atoms with Crippen molar-refractivity contribution in [1.82, 2.24) is 4.98 Å². The minimum Gasteiger partial charge on any atom is -0.369 e. The maximum Gasteiger partial charge on any atom is 0.430 e. The number of amides is 1. The molecule has 1 aromatic heterocycles. The number of anilines is 2. The summed E-state index contributed by atoms with van der Waals surface area (Å²) in [6, 6.07) is 8.97. The number of sulfonamides is 1. The third-order valence-corrected chi connectivity index (χ3v) is 9.71. The molecule has 1 unspecified atom stereocenters. The summed E-state index contributed by atoms with van der Waals surface area (Å²) in [5, 5.41) is 12.5. The predicted molar refractivity (Wildman–Crippen MR) is 143 cm³/mol.